The summed E-state index contributed by atoms with van der Waals surface area (Å²) in [5.41, 5.74) is 0.849. The van der Waals surface area contributed by atoms with Crippen molar-refractivity contribution in [1.29, 1.82) is 0 Å². The molecule has 1 aliphatic rings. The van der Waals surface area contributed by atoms with Gasteiger partial charge >= 0.3 is 0 Å². The first-order valence-electron chi connectivity index (χ1n) is 6.54. The molecule has 0 saturated heterocycles. The second kappa shape index (κ2) is 5.81. The zero-order chi connectivity index (χ0) is 15.8. The first kappa shape index (κ1) is 16.0. The third-order valence-electron chi connectivity index (χ3n) is 3.07. The van der Waals surface area contributed by atoms with Crippen LogP contribution in [-0.4, -0.2) is 39.7 Å². The van der Waals surface area contributed by atoms with Gasteiger partial charge in [-0.25, -0.2) is 8.42 Å². The number of hydrogen-bond acceptors (Lipinski definition) is 4. The lowest BCUT2D eigenvalue weighted by molar-refractivity contribution is 0.104. The molecule has 114 valence electrons. The molecule has 1 aliphatic heterocycles. The molecule has 5 nitrogen and oxygen atoms in total. The number of rotatable bonds is 3. The van der Waals surface area contributed by atoms with E-state index in [0.717, 1.165) is 4.47 Å². The second-order valence-electron chi connectivity index (χ2n) is 5.02. The van der Waals surface area contributed by atoms with E-state index in [9.17, 15) is 13.2 Å². The van der Waals surface area contributed by atoms with Crippen LogP contribution in [-0.2, 0) is 10.0 Å². The minimum Gasteiger partial charge on any atom is -0.382 e. The fourth-order valence-corrected chi connectivity index (χ4v) is 4.31. The van der Waals surface area contributed by atoms with E-state index in [1.165, 1.54) is 10.5 Å². The molecule has 0 spiro atoms. The van der Waals surface area contributed by atoms with E-state index in [-0.39, 0.29) is 4.91 Å². The van der Waals surface area contributed by atoms with Gasteiger partial charge in [-0.1, -0.05) is 22.9 Å². The van der Waals surface area contributed by atoms with E-state index < -0.39 is 15.8 Å². The molecule has 0 saturated carbocycles. The molecule has 0 unspecified atom stereocenters. The molecule has 0 aliphatic carbocycles. The molecule has 1 aromatic rings. The van der Waals surface area contributed by atoms with Crippen LogP contribution >= 0.6 is 15.9 Å². The molecule has 0 aromatic heterocycles. The fraction of sp³-hybridized carbons (Fsp3) is 0.357. The number of carbonyl (C=O) groups excluding carboxylic acids is 1. The van der Waals surface area contributed by atoms with Crippen molar-refractivity contribution >= 4 is 37.4 Å². The van der Waals surface area contributed by atoms with Crippen LogP contribution in [0.4, 0.5) is 5.69 Å². The summed E-state index contributed by atoms with van der Waals surface area (Å²) in [6.45, 7) is 2.24. The van der Waals surface area contributed by atoms with Crippen molar-refractivity contribution < 1.29 is 13.2 Å². The Morgan fingerprint density at radius 2 is 2.00 bits per heavy atom. The number of benzene rings is 1. The van der Waals surface area contributed by atoms with E-state index in [2.05, 4.69) is 15.9 Å². The highest BCUT2D eigenvalue weighted by Crippen LogP contribution is 2.36. The highest BCUT2D eigenvalue weighted by atomic mass is 79.9. The lowest BCUT2D eigenvalue weighted by Gasteiger charge is -2.31. The third kappa shape index (κ3) is 2.85. The van der Waals surface area contributed by atoms with Gasteiger partial charge in [0.1, 0.15) is 0 Å². The minimum atomic E-state index is -3.82. The second-order valence-corrected chi connectivity index (χ2v) is 7.77. The highest BCUT2D eigenvalue weighted by Gasteiger charge is 2.39. The van der Waals surface area contributed by atoms with Crippen molar-refractivity contribution in [2.24, 2.45) is 0 Å². The lowest BCUT2D eigenvalue weighted by Crippen LogP contribution is -2.40. The van der Waals surface area contributed by atoms with Crippen LogP contribution < -0.4 is 4.31 Å². The van der Waals surface area contributed by atoms with Gasteiger partial charge in [0.15, 0.2) is 4.91 Å². The summed E-state index contributed by atoms with van der Waals surface area (Å²) in [4.78, 5) is 13.9. The smallest absolute Gasteiger partial charge is 0.269 e. The van der Waals surface area contributed by atoms with Gasteiger partial charge in [-0.3, -0.25) is 9.10 Å². The summed E-state index contributed by atoms with van der Waals surface area (Å²) < 4.78 is 27.5. The van der Waals surface area contributed by atoms with E-state index in [0.29, 0.717) is 24.2 Å². The van der Waals surface area contributed by atoms with Crippen molar-refractivity contribution in [2.45, 2.75) is 13.3 Å². The summed E-state index contributed by atoms with van der Waals surface area (Å²) >= 11 is 3.33. The van der Waals surface area contributed by atoms with Gasteiger partial charge in [0.2, 0.25) is 5.78 Å². The van der Waals surface area contributed by atoms with Gasteiger partial charge in [-0.2, -0.15) is 0 Å². The van der Waals surface area contributed by atoms with Crippen LogP contribution in [0.3, 0.4) is 0 Å². The highest BCUT2D eigenvalue weighted by molar-refractivity contribution is 9.10. The SMILES string of the molecule is CCCN1c2cc(Br)ccc2C(=O)/C(=C/N(C)C)S1(=O)=O. The first-order valence-corrected chi connectivity index (χ1v) is 8.77. The zero-order valence-electron chi connectivity index (χ0n) is 12.1. The summed E-state index contributed by atoms with van der Waals surface area (Å²) in [6.07, 6.45) is 2.03. The Morgan fingerprint density at radius 3 is 2.57 bits per heavy atom. The molecule has 7 heteroatoms. The summed E-state index contributed by atoms with van der Waals surface area (Å²) in [5.74, 6) is -0.460. The van der Waals surface area contributed by atoms with Gasteiger partial charge in [0.05, 0.1) is 5.69 Å². The van der Waals surface area contributed by atoms with Crippen LogP contribution in [0, 0.1) is 0 Å². The van der Waals surface area contributed by atoms with Gasteiger partial charge in [-0.15, -0.1) is 0 Å². The Bertz CT molecular complexity index is 711. The molecule has 0 amide bonds. The molecule has 0 radical (unpaired) electrons. The number of sulfonamides is 1. The number of ketones is 1. The van der Waals surface area contributed by atoms with E-state index in [1.807, 2.05) is 6.92 Å². The average Bonchev–Trinajstić information content (AvgIpc) is 2.39. The largest absolute Gasteiger partial charge is 0.382 e. The normalized spacial score (nSPS) is 18.8. The van der Waals surface area contributed by atoms with Gasteiger partial charge in [0, 0.05) is 36.9 Å². The van der Waals surface area contributed by atoms with E-state index in [4.69, 9.17) is 0 Å². The van der Waals surface area contributed by atoms with Gasteiger partial charge < -0.3 is 4.90 Å². The number of Topliss-reactive ketones (excluding diaryl/α,β-unsaturated/α-hetero) is 1. The summed E-state index contributed by atoms with van der Waals surface area (Å²) in [6, 6.07) is 5.07. The maximum atomic E-state index is 12.7. The molecular formula is C14H17BrN2O3S. The molecule has 0 N–H and O–H groups in total. The number of carbonyl (C=O) groups is 1. The Labute approximate surface area is 133 Å². The zero-order valence-corrected chi connectivity index (χ0v) is 14.5. The quantitative estimate of drug-likeness (QED) is 0.765. The van der Waals surface area contributed by atoms with Crippen LogP contribution in [0.1, 0.15) is 23.7 Å². The van der Waals surface area contributed by atoms with Gasteiger partial charge in [-0.05, 0) is 24.6 Å². The molecular weight excluding hydrogens is 356 g/mol. The summed E-state index contributed by atoms with van der Waals surface area (Å²) in [7, 11) is -0.435. The van der Waals surface area contributed by atoms with Crippen LogP contribution in [0.15, 0.2) is 33.8 Å². The van der Waals surface area contributed by atoms with Crippen molar-refractivity contribution in [3.8, 4) is 0 Å². The number of hydrogen-bond donors (Lipinski definition) is 0. The Morgan fingerprint density at radius 1 is 1.33 bits per heavy atom. The number of allylic oxidation sites excluding steroid dienone is 1. The van der Waals surface area contributed by atoms with Crippen molar-refractivity contribution in [2.75, 3.05) is 24.9 Å². The third-order valence-corrected chi connectivity index (χ3v) is 5.37. The van der Waals surface area contributed by atoms with Crippen molar-refractivity contribution in [3.63, 3.8) is 0 Å². The standard InChI is InChI=1S/C14H17BrN2O3S/c1-4-7-17-12-8-10(15)5-6-11(12)14(18)13(9-16(2)3)21(17,19)20/h5-6,8-9H,4,7H2,1-3H3/b13-9-. The van der Waals surface area contributed by atoms with Crippen LogP contribution in [0.25, 0.3) is 0 Å². The molecule has 1 aromatic carbocycles. The molecule has 0 fully saturated rings. The molecule has 1 heterocycles. The molecule has 0 bridgehead atoms. The molecule has 0 atom stereocenters. The average molecular weight is 373 g/mol. The predicted molar refractivity (Wildman–Crippen MR) is 86.8 cm³/mol. The number of anilines is 1. The Balaban J connectivity index is 2.74. The molecule has 2 rings (SSSR count). The van der Waals surface area contributed by atoms with Crippen LogP contribution in [0.5, 0.6) is 0 Å². The Kier molecular flexibility index (Phi) is 4.43. The first-order chi connectivity index (χ1) is 9.78. The lowest BCUT2D eigenvalue weighted by atomic mass is 10.1. The number of nitrogens with zero attached hydrogens (tertiary/aromatic N) is 2. The van der Waals surface area contributed by atoms with E-state index >= 15 is 0 Å². The van der Waals surface area contributed by atoms with Gasteiger partial charge in [0.25, 0.3) is 10.0 Å². The fourth-order valence-electron chi connectivity index (χ4n) is 2.20. The van der Waals surface area contributed by atoms with E-state index in [1.54, 1.807) is 37.2 Å². The topological polar surface area (TPSA) is 57.7 Å². The maximum absolute atomic E-state index is 12.7. The van der Waals surface area contributed by atoms with Crippen molar-refractivity contribution in [1.82, 2.24) is 4.90 Å². The van der Waals surface area contributed by atoms with Crippen LogP contribution in [0.2, 0.25) is 0 Å². The maximum Gasteiger partial charge on any atom is 0.269 e. The monoisotopic (exact) mass is 372 g/mol. The molecule has 21 heavy (non-hydrogen) atoms. The van der Waals surface area contributed by atoms with Crippen molar-refractivity contribution in [3.05, 3.63) is 39.3 Å². The Hall–Kier alpha value is -1.34. The predicted octanol–water partition coefficient (Wildman–Crippen LogP) is 2.59. The number of halogens is 1. The summed E-state index contributed by atoms with van der Waals surface area (Å²) in [5, 5.41) is 0. The number of fused-ring (bicyclic) bond motifs is 1. The minimum absolute atomic E-state index is 0.184.